The van der Waals surface area contributed by atoms with Gasteiger partial charge in [-0.25, -0.2) is 0 Å². The van der Waals surface area contributed by atoms with E-state index in [2.05, 4.69) is 5.32 Å². The number of nitrogens with one attached hydrogen (secondary N) is 1. The number of hydrogen-bond acceptors (Lipinski definition) is 2. The Hall–Kier alpha value is -0.280. The molecule has 0 atom stereocenters. The molecule has 0 spiro atoms. The van der Waals surface area contributed by atoms with Crippen LogP contribution in [0.2, 0.25) is 0 Å². The van der Waals surface area contributed by atoms with E-state index in [0.717, 1.165) is 13.1 Å². The summed E-state index contributed by atoms with van der Waals surface area (Å²) in [5, 5.41) is 3.16. The Bertz CT molecular complexity index is 223. The Kier molecular flexibility index (Phi) is 5.56. The lowest BCUT2D eigenvalue weighted by Gasteiger charge is -2.34. The molecule has 1 amide bonds. The summed E-state index contributed by atoms with van der Waals surface area (Å²) in [6.45, 7) is 1.77. The van der Waals surface area contributed by atoms with Crippen molar-refractivity contribution in [3.8, 4) is 0 Å². The standard InChI is InChI=1S/C12H22N2O.ClH/c1-14(12(15)10-8-13-9-10)11-6-4-2-3-5-7-11;/h10-11,13H,2-9H2,1H3;1H. The van der Waals surface area contributed by atoms with Gasteiger partial charge in [0.25, 0.3) is 0 Å². The summed E-state index contributed by atoms with van der Waals surface area (Å²) in [7, 11) is 2.00. The summed E-state index contributed by atoms with van der Waals surface area (Å²) in [6, 6.07) is 0.514. The number of halogens is 1. The van der Waals surface area contributed by atoms with Crippen molar-refractivity contribution >= 4 is 18.3 Å². The highest BCUT2D eigenvalue weighted by atomic mass is 35.5. The molecule has 0 aromatic rings. The van der Waals surface area contributed by atoms with Crippen LogP contribution in [0.15, 0.2) is 0 Å². The Morgan fingerprint density at radius 2 is 1.69 bits per heavy atom. The predicted molar refractivity (Wildman–Crippen MR) is 67.9 cm³/mol. The molecule has 4 heteroatoms. The van der Waals surface area contributed by atoms with Crippen LogP contribution in [0.3, 0.4) is 0 Å². The smallest absolute Gasteiger partial charge is 0.228 e. The van der Waals surface area contributed by atoms with Crippen molar-refractivity contribution in [2.45, 2.75) is 44.6 Å². The fourth-order valence-electron chi connectivity index (χ4n) is 2.58. The second kappa shape index (κ2) is 6.45. The molecule has 1 saturated heterocycles. The van der Waals surface area contributed by atoms with Crippen molar-refractivity contribution in [2.75, 3.05) is 20.1 Å². The van der Waals surface area contributed by atoms with Crippen molar-refractivity contribution in [3.63, 3.8) is 0 Å². The number of carbonyl (C=O) groups excluding carboxylic acids is 1. The van der Waals surface area contributed by atoms with E-state index >= 15 is 0 Å². The van der Waals surface area contributed by atoms with E-state index in [9.17, 15) is 4.79 Å². The monoisotopic (exact) mass is 246 g/mol. The molecule has 16 heavy (non-hydrogen) atoms. The second-order valence-electron chi connectivity index (χ2n) is 4.95. The summed E-state index contributed by atoms with van der Waals surface area (Å²) in [4.78, 5) is 14.0. The Morgan fingerprint density at radius 3 is 2.12 bits per heavy atom. The Morgan fingerprint density at radius 1 is 1.12 bits per heavy atom. The molecule has 0 bridgehead atoms. The third kappa shape index (κ3) is 3.11. The van der Waals surface area contributed by atoms with Crippen molar-refractivity contribution in [1.82, 2.24) is 10.2 Å². The van der Waals surface area contributed by atoms with Crippen molar-refractivity contribution in [3.05, 3.63) is 0 Å². The highest BCUT2D eigenvalue weighted by Gasteiger charge is 2.30. The SMILES string of the molecule is CN(C(=O)C1CNC1)C1CCCCCC1.Cl. The third-order valence-electron chi connectivity index (χ3n) is 3.85. The molecule has 3 nitrogen and oxygen atoms in total. The van der Waals surface area contributed by atoms with Gasteiger partial charge in [0.05, 0.1) is 5.92 Å². The molecule has 2 rings (SSSR count). The highest BCUT2D eigenvalue weighted by Crippen LogP contribution is 2.22. The number of carbonyl (C=O) groups is 1. The van der Waals surface area contributed by atoms with Gasteiger partial charge in [-0.15, -0.1) is 12.4 Å². The van der Waals surface area contributed by atoms with E-state index in [-0.39, 0.29) is 18.3 Å². The van der Waals surface area contributed by atoms with Crippen LogP contribution >= 0.6 is 12.4 Å². The molecule has 1 aliphatic carbocycles. The molecule has 1 saturated carbocycles. The fourth-order valence-corrected chi connectivity index (χ4v) is 2.58. The van der Waals surface area contributed by atoms with E-state index in [4.69, 9.17) is 0 Å². The molecule has 1 heterocycles. The Labute approximate surface area is 104 Å². The van der Waals surface area contributed by atoms with Crippen LogP contribution in [0.1, 0.15) is 38.5 Å². The van der Waals surface area contributed by atoms with Gasteiger partial charge < -0.3 is 10.2 Å². The van der Waals surface area contributed by atoms with Crippen LogP contribution in [0, 0.1) is 5.92 Å². The average Bonchev–Trinajstić information content (AvgIpc) is 2.41. The summed E-state index contributed by atoms with van der Waals surface area (Å²) in [5.41, 5.74) is 0. The first-order valence-electron chi connectivity index (χ1n) is 6.26. The quantitative estimate of drug-likeness (QED) is 0.754. The van der Waals surface area contributed by atoms with Gasteiger partial charge in [-0.1, -0.05) is 25.7 Å². The lowest BCUT2D eigenvalue weighted by Crippen LogP contribution is -2.53. The fraction of sp³-hybridized carbons (Fsp3) is 0.917. The van der Waals surface area contributed by atoms with E-state index < -0.39 is 0 Å². The topological polar surface area (TPSA) is 32.3 Å². The zero-order valence-electron chi connectivity index (χ0n) is 10.1. The third-order valence-corrected chi connectivity index (χ3v) is 3.85. The molecule has 2 aliphatic rings. The number of amides is 1. The molecule has 0 radical (unpaired) electrons. The first-order valence-corrected chi connectivity index (χ1v) is 6.26. The molecular formula is C12H23ClN2O. The largest absolute Gasteiger partial charge is 0.342 e. The van der Waals surface area contributed by atoms with Gasteiger partial charge in [-0.2, -0.15) is 0 Å². The second-order valence-corrected chi connectivity index (χ2v) is 4.95. The molecule has 94 valence electrons. The lowest BCUT2D eigenvalue weighted by atomic mass is 9.99. The minimum Gasteiger partial charge on any atom is -0.342 e. The highest BCUT2D eigenvalue weighted by molar-refractivity contribution is 5.85. The average molecular weight is 247 g/mol. The molecule has 0 aromatic heterocycles. The van der Waals surface area contributed by atoms with Gasteiger partial charge in [0.2, 0.25) is 5.91 Å². The van der Waals surface area contributed by atoms with E-state index in [0.29, 0.717) is 11.9 Å². The van der Waals surface area contributed by atoms with Gasteiger partial charge in [0.1, 0.15) is 0 Å². The van der Waals surface area contributed by atoms with Gasteiger partial charge in [-0.3, -0.25) is 4.79 Å². The molecule has 2 fully saturated rings. The number of rotatable bonds is 2. The van der Waals surface area contributed by atoms with E-state index in [1.54, 1.807) is 0 Å². The van der Waals surface area contributed by atoms with Crippen LogP contribution in [0.5, 0.6) is 0 Å². The van der Waals surface area contributed by atoms with Gasteiger partial charge in [0, 0.05) is 26.2 Å². The first kappa shape index (κ1) is 13.8. The van der Waals surface area contributed by atoms with Crippen molar-refractivity contribution in [1.29, 1.82) is 0 Å². The minimum atomic E-state index is 0. The van der Waals surface area contributed by atoms with Crippen LogP contribution in [-0.2, 0) is 4.79 Å². The lowest BCUT2D eigenvalue weighted by molar-refractivity contribution is -0.138. The summed E-state index contributed by atoms with van der Waals surface area (Å²) in [5.74, 6) is 0.624. The molecular weight excluding hydrogens is 224 g/mol. The number of nitrogens with zero attached hydrogens (tertiary/aromatic N) is 1. The van der Waals surface area contributed by atoms with Crippen LogP contribution in [0.4, 0.5) is 0 Å². The maximum atomic E-state index is 12.0. The van der Waals surface area contributed by atoms with Crippen LogP contribution in [-0.4, -0.2) is 37.0 Å². The number of hydrogen-bond donors (Lipinski definition) is 1. The van der Waals surface area contributed by atoms with Gasteiger partial charge >= 0.3 is 0 Å². The maximum Gasteiger partial charge on any atom is 0.228 e. The van der Waals surface area contributed by atoms with Crippen LogP contribution < -0.4 is 5.32 Å². The zero-order valence-corrected chi connectivity index (χ0v) is 10.9. The van der Waals surface area contributed by atoms with Gasteiger partial charge in [-0.05, 0) is 12.8 Å². The summed E-state index contributed by atoms with van der Waals surface area (Å²) in [6.07, 6.45) is 7.72. The summed E-state index contributed by atoms with van der Waals surface area (Å²) < 4.78 is 0. The molecule has 0 aromatic carbocycles. The maximum absolute atomic E-state index is 12.0. The molecule has 1 aliphatic heterocycles. The van der Waals surface area contributed by atoms with E-state index in [1.165, 1.54) is 38.5 Å². The minimum absolute atomic E-state index is 0. The Balaban J connectivity index is 0.00000128. The molecule has 0 unspecified atom stereocenters. The van der Waals surface area contributed by atoms with Crippen molar-refractivity contribution in [2.24, 2.45) is 5.92 Å². The zero-order chi connectivity index (χ0) is 10.7. The normalized spacial score (nSPS) is 22.8. The van der Waals surface area contributed by atoms with Crippen molar-refractivity contribution < 1.29 is 4.79 Å². The van der Waals surface area contributed by atoms with E-state index in [1.807, 2.05) is 11.9 Å². The predicted octanol–water partition coefficient (Wildman–Crippen LogP) is 1.81. The molecule has 1 N–H and O–H groups in total. The summed E-state index contributed by atoms with van der Waals surface area (Å²) >= 11 is 0. The van der Waals surface area contributed by atoms with Crippen LogP contribution in [0.25, 0.3) is 0 Å². The first-order chi connectivity index (χ1) is 7.29. The van der Waals surface area contributed by atoms with Gasteiger partial charge in [0.15, 0.2) is 0 Å².